The van der Waals surface area contributed by atoms with Gasteiger partial charge in [0.15, 0.2) is 0 Å². The quantitative estimate of drug-likeness (QED) is 0.864. The average Bonchev–Trinajstić information content (AvgIpc) is 2.80. The van der Waals surface area contributed by atoms with Gasteiger partial charge in [-0.3, -0.25) is 9.78 Å². The Kier molecular flexibility index (Phi) is 3.71. The van der Waals surface area contributed by atoms with Crippen LogP contribution in [-0.4, -0.2) is 20.7 Å². The number of hydrogen-bond donors (Lipinski definition) is 1. The zero-order valence-corrected chi connectivity index (χ0v) is 10.8. The van der Waals surface area contributed by atoms with Gasteiger partial charge in [0.25, 0.3) is 5.91 Å². The monoisotopic (exact) mass is 287 g/mol. The topological polar surface area (TPSA) is 47.8 Å². The van der Waals surface area contributed by atoms with Gasteiger partial charge in [-0.25, -0.2) is 4.68 Å². The van der Waals surface area contributed by atoms with E-state index in [1.165, 1.54) is 29.3 Å². The van der Waals surface area contributed by atoms with Crippen molar-refractivity contribution in [1.29, 1.82) is 0 Å². The Hall–Kier alpha value is -1.04. The number of carbonyl (C=O) groups excluding carboxylic acids is 1. The number of rotatable bonds is 2. The van der Waals surface area contributed by atoms with Crippen LogP contribution in [0.15, 0.2) is 30.7 Å². The molecule has 2 aromatic heterocycles. The van der Waals surface area contributed by atoms with E-state index in [0.717, 1.165) is 0 Å². The molecule has 2 rings (SSSR count). The number of carbonyl (C=O) groups is 1. The minimum absolute atomic E-state index is 0.304. The van der Waals surface area contributed by atoms with E-state index in [2.05, 4.69) is 22.7 Å². The summed E-state index contributed by atoms with van der Waals surface area (Å²) in [6.45, 7) is 0. The van der Waals surface area contributed by atoms with Crippen molar-refractivity contribution in [1.82, 2.24) is 14.8 Å². The molecule has 1 atom stereocenters. The first-order valence-electron chi connectivity index (χ1n) is 4.62. The lowest BCUT2D eigenvalue weighted by Crippen LogP contribution is -2.18. The summed E-state index contributed by atoms with van der Waals surface area (Å²) in [5, 5.41) is 3.77. The second kappa shape index (κ2) is 5.08. The Labute approximate surface area is 113 Å². The highest BCUT2D eigenvalue weighted by molar-refractivity contribution is 7.81. The number of aromatic nitrogens is 3. The van der Waals surface area contributed by atoms with E-state index in [1.54, 1.807) is 6.07 Å². The lowest BCUT2D eigenvalue weighted by molar-refractivity contribution is 0.0894. The molecule has 0 saturated heterocycles. The first-order chi connectivity index (χ1) is 8.09. The third-order valence-electron chi connectivity index (χ3n) is 2.06. The van der Waals surface area contributed by atoms with Gasteiger partial charge in [0.05, 0.1) is 15.7 Å². The molecule has 0 aliphatic heterocycles. The number of hydrogen-bond acceptors (Lipinski definition) is 4. The van der Waals surface area contributed by atoms with Gasteiger partial charge in [-0.2, -0.15) is 17.7 Å². The van der Waals surface area contributed by atoms with Crippen molar-refractivity contribution in [2.75, 3.05) is 0 Å². The van der Waals surface area contributed by atoms with Gasteiger partial charge in [0.1, 0.15) is 5.25 Å². The van der Waals surface area contributed by atoms with Crippen molar-refractivity contribution >= 4 is 41.7 Å². The number of pyridine rings is 1. The van der Waals surface area contributed by atoms with Crippen LogP contribution in [0.2, 0.25) is 10.0 Å². The fourth-order valence-corrected chi connectivity index (χ4v) is 2.16. The van der Waals surface area contributed by atoms with Gasteiger partial charge >= 0.3 is 0 Å². The molecule has 0 fully saturated rings. The van der Waals surface area contributed by atoms with Crippen molar-refractivity contribution in [3.63, 3.8) is 0 Å². The van der Waals surface area contributed by atoms with Crippen LogP contribution in [0.4, 0.5) is 0 Å². The SMILES string of the molecule is O=C(C(S)c1ncc(Cl)cc1Cl)n1cccn1. The first-order valence-corrected chi connectivity index (χ1v) is 5.89. The summed E-state index contributed by atoms with van der Waals surface area (Å²) in [5.74, 6) is -0.324. The van der Waals surface area contributed by atoms with Crippen molar-refractivity contribution in [2.45, 2.75) is 5.25 Å². The van der Waals surface area contributed by atoms with E-state index in [0.29, 0.717) is 15.7 Å². The van der Waals surface area contributed by atoms with Crippen molar-refractivity contribution < 1.29 is 4.79 Å². The van der Waals surface area contributed by atoms with E-state index in [1.807, 2.05) is 0 Å². The normalized spacial score (nSPS) is 12.4. The minimum atomic E-state index is -0.778. The smallest absolute Gasteiger partial charge is 0.265 e. The molecule has 0 radical (unpaired) electrons. The van der Waals surface area contributed by atoms with Gasteiger partial charge < -0.3 is 0 Å². The Balaban J connectivity index is 2.31. The van der Waals surface area contributed by atoms with Crippen LogP contribution in [0.25, 0.3) is 0 Å². The molecule has 0 amide bonds. The molecule has 0 aliphatic carbocycles. The molecule has 2 heterocycles. The summed E-state index contributed by atoms with van der Waals surface area (Å²) in [7, 11) is 0. The van der Waals surface area contributed by atoms with Crippen molar-refractivity contribution in [3.8, 4) is 0 Å². The molecule has 17 heavy (non-hydrogen) atoms. The van der Waals surface area contributed by atoms with E-state index in [4.69, 9.17) is 23.2 Å². The standard InChI is InChI=1S/C10H7Cl2N3OS/c11-6-4-7(12)8(13-5-6)9(17)10(16)15-3-1-2-14-15/h1-5,9,17H. The summed E-state index contributed by atoms with van der Waals surface area (Å²) < 4.78 is 1.18. The van der Waals surface area contributed by atoms with Gasteiger partial charge in [0, 0.05) is 18.6 Å². The molecule has 2 aromatic rings. The fourth-order valence-electron chi connectivity index (χ4n) is 1.27. The lowest BCUT2D eigenvalue weighted by Gasteiger charge is -2.10. The molecule has 0 aliphatic rings. The highest BCUT2D eigenvalue weighted by atomic mass is 35.5. The third-order valence-corrected chi connectivity index (χ3v) is 3.03. The second-order valence-corrected chi connectivity index (χ2v) is 4.57. The molecule has 1 unspecified atom stereocenters. The van der Waals surface area contributed by atoms with Crippen molar-refractivity contribution in [2.24, 2.45) is 0 Å². The first kappa shape index (κ1) is 12.4. The Bertz CT molecular complexity index is 544. The van der Waals surface area contributed by atoms with Crippen LogP contribution in [0.1, 0.15) is 15.7 Å². The molecular weight excluding hydrogens is 281 g/mol. The maximum atomic E-state index is 11.9. The molecule has 7 heteroatoms. The molecule has 0 spiro atoms. The zero-order valence-electron chi connectivity index (χ0n) is 8.42. The number of halogens is 2. The molecule has 0 N–H and O–H groups in total. The van der Waals surface area contributed by atoms with Crippen LogP contribution in [0.3, 0.4) is 0 Å². The van der Waals surface area contributed by atoms with Gasteiger partial charge in [-0.1, -0.05) is 23.2 Å². The second-order valence-electron chi connectivity index (χ2n) is 3.21. The van der Waals surface area contributed by atoms with Crippen molar-refractivity contribution in [3.05, 3.63) is 46.5 Å². The van der Waals surface area contributed by atoms with E-state index < -0.39 is 5.25 Å². The van der Waals surface area contributed by atoms with Gasteiger partial charge in [-0.15, -0.1) is 0 Å². The van der Waals surface area contributed by atoms with Crippen LogP contribution in [0, 0.1) is 0 Å². The van der Waals surface area contributed by atoms with E-state index in [9.17, 15) is 4.79 Å². The minimum Gasteiger partial charge on any atom is -0.271 e. The summed E-state index contributed by atoms with van der Waals surface area (Å²) >= 11 is 15.9. The highest BCUT2D eigenvalue weighted by Crippen LogP contribution is 2.28. The van der Waals surface area contributed by atoms with Crippen LogP contribution in [0.5, 0.6) is 0 Å². The highest BCUT2D eigenvalue weighted by Gasteiger charge is 2.22. The maximum absolute atomic E-state index is 11.9. The molecule has 4 nitrogen and oxygen atoms in total. The Morgan fingerprint density at radius 3 is 2.82 bits per heavy atom. The third kappa shape index (κ3) is 2.62. The summed E-state index contributed by atoms with van der Waals surface area (Å²) in [6.07, 6.45) is 4.47. The predicted molar refractivity (Wildman–Crippen MR) is 68.8 cm³/mol. The van der Waals surface area contributed by atoms with Gasteiger partial charge in [0.2, 0.25) is 0 Å². The maximum Gasteiger partial charge on any atom is 0.265 e. The Morgan fingerprint density at radius 1 is 1.47 bits per heavy atom. The number of thiol groups is 1. The molecule has 0 saturated carbocycles. The average molecular weight is 288 g/mol. The van der Waals surface area contributed by atoms with E-state index >= 15 is 0 Å². The van der Waals surface area contributed by atoms with Crippen LogP contribution < -0.4 is 0 Å². The molecular formula is C10H7Cl2N3OS. The van der Waals surface area contributed by atoms with Crippen LogP contribution in [-0.2, 0) is 0 Å². The molecule has 88 valence electrons. The fraction of sp³-hybridized carbons (Fsp3) is 0.100. The molecule has 0 aromatic carbocycles. The molecule has 0 bridgehead atoms. The van der Waals surface area contributed by atoms with Gasteiger partial charge in [-0.05, 0) is 12.1 Å². The summed E-state index contributed by atoms with van der Waals surface area (Å²) in [6, 6.07) is 3.17. The Morgan fingerprint density at radius 2 is 2.24 bits per heavy atom. The number of nitrogens with zero attached hydrogens (tertiary/aromatic N) is 3. The van der Waals surface area contributed by atoms with E-state index in [-0.39, 0.29) is 5.91 Å². The predicted octanol–water partition coefficient (Wildman–Crippen LogP) is 2.90. The summed E-state index contributed by atoms with van der Waals surface area (Å²) in [5.41, 5.74) is 0.361. The zero-order chi connectivity index (χ0) is 12.4. The largest absolute Gasteiger partial charge is 0.271 e. The lowest BCUT2D eigenvalue weighted by atomic mass is 10.2. The van der Waals surface area contributed by atoms with Crippen LogP contribution >= 0.6 is 35.8 Å². The summed E-state index contributed by atoms with van der Waals surface area (Å²) in [4.78, 5) is 15.9.